The van der Waals surface area contributed by atoms with Gasteiger partial charge in [0.1, 0.15) is 5.82 Å². The Bertz CT molecular complexity index is 778. The molecule has 1 saturated carbocycles. The quantitative estimate of drug-likeness (QED) is 0.479. The summed E-state index contributed by atoms with van der Waals surface area (Å²) in [4.78, 5) is 12.6. The van der Waals surface area contributed by atoms with Crippen LogP contribution in [0.2, 0.25) is 0 Å². The molecular formula is C17H24F3N4NaO2S. The number of anilines is 2. The zero-order chi connectivity index (χ0) is 19.6. The van der Waals surface area contributed by atoms with Gasteiger partial charge in [-0.2, -0.15) is 18.2 Å². The molecule has 1 aromatic rings. The minimum atomic E-state index is -4.34. The third-order valence-electron chi connectivity index (χ3n) is 5.96. The van der Waals surface area contributed by atoms with Crippen LogP contribution in [0.15, 0.2) is 6.07 Å². The Labute approximate surface area is 185 Å². The number of hydrogen-bond acceptors (Lipinski definition) is 6. The van der Waals surface area contributed by atoms with Crippen LogP contribution in [0.3, 0.4) is 0 Å². The largest absolute Gasteiger partial charge is 1.00 e. The minimum absolute atomic E-state index is 0. The third kappa shape index (κ3) is 4.50. The second kappa shape index (κ2) is 7.68. The molecule has 0 unspecified atom stereocenters. The summed E-state index contributed by atoms with van der Waals surface area (Å²) < 4.78 is 62.4. The smallest absolute Gasteiger partial charge is 0.771 e. The molecule has 0 amide bonds. The Kier molecular flexibility index (Phi) is 6.11. The van der Waals surface area contributed by atoms with Crippen LogP contribution in [-0.2, 0) is 16.6 Å². The van der Waals surface area contributed by atoms with Gasteiger partial charge in [0.05, 0.1) is 12.1 Å². The van der Waals surface area contributed by atoms with Crippen molar-refractivity contribution >= 4 is 22.0 Å². The van der Waals surface area contributed by atoms with Gasteiger partial charge in [0.25, 0.3) is 0 Å². The Hall–Kier alpha value is -0.420. The molecule has 0 spiro atoms. The van der Waals surface area contributed by atoms with Crippen molar-refractivity contribution in [3.8, 4) is 0 Å². The minimum Gasteiger partial charge on any atom is -0.771 e. The first-order valence-corrected chi connectivity index (χ1v) is 11.4. The SMILES string of the molecule is C[C@H]1CCCN1c1nc(CC(F)(F)F)cc(N2C[C@@H]3[C@H](C2)[C@@H]3[SH](C)(=O)[O-])n1.[Na+]. The van der Waals surface area contributed by atoms with Crippen LogP contribution in [0.25, 0.3) is 0 Å². The molecule has 3 aliphatic rings. The molecule has 0 aromatic carbocycles. The predicted molar refractivity (Wildman–Crippen MR) is 97.1 cm³/mol. The van der Waals surface area contributed by atoms with Gasteiger partial charge in [-0.05, 0) is 37.9 Å². The normalized spacial score (nSPS) is 30.2. The van der Waals surface area contributed by atoms with E-state index in [1.165, 1.54) is 12.3 Å². The molecular weight excluding hydrogens is 404 g/mol. The van der Waals surface area contributed by atoms with Crippen molar-refractivity contribution in [3.63, 3.8) is 0 Å². The van der Waals surface area contributed by atoms with E-state index in [4.69, 9.17) is 0 Å². The Morgan fingerprint density at radius 1 is 1.29 bits per heavy atom. The zero-order valence-electron chi connectivity index (χ0n) is 16.3. The van der Waals surface area contributed by atoms with Gasteiger partial charge in [-0.1, -0.05) is 0 Å². The fourth-order valence-corrected chi connectivity index (χ4v) is 6.59. The number of nitrogens with zero attached hydrogens (tertiary/aromatic N) is 4. The van der Waals surface area contributed by atoms with Crippen molar-refractivity contribution in [1.82, 2.24) is 9.97 Å². The molecule has 152 valence electrons. The Morgan fingerprint density at radius 2 is 1.93 bits per heavy atom. The molecule has 3 fully saturated rings. The fraction of sp³-hybridized carbons (Fsp3) is 0.765. The van der Waals surface area contributed by atoms with Crippen LogP contribution in [0.1, 0.15) is 25.5 Å². The average molecular weight is 428 g/mol. The monoisotopic (exact) mass is 428 g/mol. The summed E-state index contributed by atoms with van der Waals surface area (Å²) in [5.41, 5.74) is -0.0382. The van der Waals surface area contributed by atoms with Crippen molar-refractivity contribution in [2.45, 2.75) is 43.7 Å². The van der Waals surface area contributed by atoms with Crippen LogP contribution in [0.5, 0.6) is 0 Å². The molecule has 2 saturated heterocycles. The van der Waals surface area contributed by atoms with E-state index in [1.807, 2.05) is 16.7 Å². The van der Waals surface area contributed by atoms with E-state index in [2.05, 4.69) is 9.97 Å². The summed E-state index contributed by atoms with van der Waals surface area (Å²) in [7, 11) is -3.36. The number of halogens is 3. The van der Waals surface area contributed by atoms with E-state index in [1.54, 1.807) is 0 Å². The zero-order valence-corrected chi connectivity index (χ0v) is 19.2. The molecule has 1 aliphatic carbocycles. The summed E-state index contributed by atoms with van der Waals surface area (Å²) in [5, 5.41) is -0.289. The summed E-state index contributed by atoms with van der Waals surface area (Å²) in [6, 6.07) is 1.60. The number of hydrogen-bond donors (Lipinski definition) is 1. The number of alkyl halides is 3. The van der Waals surface area contributed by atoms with E-state index < -0.39 is 22.8 Å². The first kappa shape index (κ1) is 22.3. The van der Waals surface area contributed by atoms with Crippen molar-refractivity contribution in [3.05, 3.63) is 11.8 Å². The van der Waals surface area contributed by atoms with Gasteiger partial charge in [-0.3, -0.25) is 0 Å². The Morgan fingerprint density at radius 3 is 2.43 bits per heavy atom. The van der Waals surface area contributed by atoms with Gasteiger partial charge in [0.2, 0.25) is 5.95 Å². The van der Waals surface area contributed by atoms with E-state index in [0.717, 1.165) is 19.4 Å². The standard InChI is InChI=1S/C17H25F3N4O2S.Na/c1-10-4-3-5-24(10)16-21-11(7-17(18,19)20)6-14(22-16)23-8-12-13(9-23)15(12)27(2,25)26;/h6,10,12-13,15,27H,3-5,7-9H2,1-2H3,(H,25,26);/q;+1/p-1/t10-,12-,13+,15-;/m0./s1. The molecule has 3 heterocycles. The van der Waals surface area contributed by atoms with Gasteiger partial charge >= 0.3 is 35.7 Å². The number of aromatic nitrogens is 2. The number of piperidine rings is 1. The van der Waals surface area contributed by atoms with Crippen molar-refractivity contribution < 1.29 is 51.5 Å². The number of rotatable bonds is 4. The third-order valence-corrected chi connectivity index (χ3v) is 7.81. The number of sulfone groups is 1. The van der Waals surface area contributed by atoms with E-state index in [-0.39, 0.29) is 58.4 Å². The molecule has 0 bridgehead atoms. The molecule has 4 rings (SSSR count). The van der Waals surface area contributed by atoms with Crippen LogP contribution in [0.4, 0.5) is 24.9 Å². The van der Waals surface area contributed by atoms with Crippen molar-refractivity contribution in [1.29, 1.82) is 0 Å². The molecule has 0 N–H and O–H groups in total. The topological polar surface area (TPSA) is 72.4 Å². The summed E-state index contributed by atoms with van der Waals surface area (Å²) in [6.45, 7) is 3.80. The maximum absolute atomic E-state index is 12.9. The van der Waals surface area contributed by atoms with Crippen LogP contribution < -0.4 is 39.4 Å². The van der Waals surface area contributed by atoms with Crippen LogP contribution in [0, 0.1) is 11.8 Å². The first-order valence-electron chi connectivity index (χ1n) is 9.27. The van der Waals surface area contributed by atoms with E-state index in [0.29, 0.717) is 24.9 Å². The van der Waals surface area contributed by atoms with Gasteiger partial charge < -0.3 is 24.6 Å². The maximum Gasteiger partial charge on any atom is 1.00 e. The molecule has 1 aromatic heterocycles. The molecule has 6 nitrogen and oxygen atoms in total. The second-order valence-electron chi connectivity index (χ2n) is 8.13. The van der Waals surface area contributed by atoms with Crippen LogP contribution >= 0.6 is 0 Å². The maximum atomic E-state index is 12.9. The van der Waals surface area contributed by atoms with Gasteiger partial charge in [-0.15, -0.1) is 0 Å². The van der Waals surface area contributed by atoms with Crippen molar-refractivity contribution in [2.24, 2.45) is 11.8 Å². The van der Waals surface area contributed by atoms with Gasteiger partial charge in [-0.25, -0.2) is 9.19 Å². The summed E-state index contributed by atoms with van der Waals surface area (Å²) in [6.07, 6.45) is -2.22. The molecule has 11 heteroatoms. The molecule has 2 aliphatic heterocycles. The van der Waals surface area contributed by atoms with Crippen LogP contribution in [-0.4, -0.2) is 62.1 Å². The molecule has 28 heavy (non-hydrogen) atoms. The van der Waals surface area contributed by atoms with Crippen molar-refractivity contribution in [2.75, 3.05) is 35.7 Å². The molecule has 0 radical (unpaired) electrons. The summed E-state index contributed by atoms with van der Waals surface area (Å²) >= 11 is 0. The number of fused-ring (bicyclic) bond motifs is 1. The van der Waals surface area contributed by atoms with E-state index in [9.17, 15) is 21.9 Å². The second-order valence-corrected chi connectivity index (χ2v) is 10.5. The average Bonchev–Trinajstić information content (AvgIpc) is 2.88. The first-order chi connectivity index (χ1) is 12.5. The van der Waals surface area contributed by atoms with Gasteiger partial charge in [0.15, 0.2) is 0 Å². The Balaban J connectivity index is 0.00000225. The predicted octanol–water partition coefficient (Wildman–Crippen LogP) is -1.21. The molecule has 4 atom stereocenters. The fourth-order valence-electron chi connectivity index (χ4n) is 4.66. The van der Waals surface area contributed by atoms with E-state index >= 15 is 0 Å². The number of thiol groups is 1. The summed E-state index contributed by atoms with van der Waals surface area (Å²) in [5.74, 6) is 0.946. The van der Waals surface area contributed by atoms with Gasteiger partial charge in [0, 0.05) is 37.0 Å².